The molecule has 6 heteroatoms. The Morgan fingerprint density at radius 1 is 1.44 bits per heavy atom. The molecular formula is C10H18N4O2. The number of amides is 2. The van der Waals surface area contributed by atoms with Crippen molar-refractivity contribution in [3.63, 3.8) is 0 Å². The van der Waals surface area contributed by atoms with Gasteiger partial charge in [-0.15, -0.1) is 0 Å². The smallest absolute Gasteiger partial charge is 0.244 e. The van der Waals surface area contributed by atoms with Gasteiger partial charge in [-0.3, -0.25) is 19.8 Å². The molecule has 0 spiro atoms. The van der Waals surface area contributed by atoms with Crippen molar-refractivity contribution in [3.8, 4) is 0 Å². The minimum Gasteiger partial charge on any atom is -0.329 e. The average Bonchev–Trinajstić information content (AvgIpc) is 2.57. The Kier molecular flexibility index (Phi) is 3.22. The van der Waals surface area contributed by atoms with Gasteiger partial charge in [0.1, 0.15) is 0 Å². The van der Waals surface area contributed by atoms with E-state index in [-0.39, 0.29) is 30.3 Å². The number of carbonyl (C=O) groups is 2. The third kappa shape index (κ3) is 2.09. The summed E-state index contributed by atoms with van der Waals surface area (Å²) < 4.78 is 0. The molecule has 0 bridgehead atoms. The maximum absolute atomic E-state index is 11.6. The van der Waals surface area contributed by atoms with E-state index in [2.05, 4.69) is 15.1 Å². The first-order valence-corrected chi connectivity index (χ1v) is 5.60. The minimum absolute atomic E-state index is 0.167. The molecule has 90 valence electrons. The summed E-state index contributed by atoms with van der Waals surface area (Å²) in [7, 11) is 2.04. The second-order valence-corrected chi connectivity index (χ2v) is 4.52. The zero-order valence-corrected chi connectivity index (χ0v) is 9.48. The maximum atomic E-state index is 11.6. The molecule has 2 atom stereocenters. The molecule has 0 saturated carbocycles. The minimum atomic E-state index is -0.310. The molecule has 3 N–H and O–H groups in total. The fourth-order valence-corrected chi connectivity index (χ4v) is 2.45. The van der Waals surface area contributed by atoms with Crippen LogP contribution >= 0.6 is 0 Å². The number of carbonyl (C=O) groups excluding carboxylic acids is 2. The number of hydrogen-bond donors (Lipinski definition) is 2. The lowest BCUT2D eigenvalue weighted by Crippen LogP contribution is -2.59. The van der Waals surface area contributed by atoms with E-state index in [1.807, 2.05) is 7.05 Å². The van der Waals surface area contributed by atoms with Crippen molar-refractivity contribution in [2.24, 2.45) is 5.73 Å². The molecule has 2 amide bonds. The van der Waals surface area contributed by atoms with Gasteiger partial charge < -0.3 is 10.6 Å². The Bertz CT molecular complexity index is 307. The Morgan fingerprint density at radius 2 is 2.19 bits per heavy atom. The average molecular weight is 226 g/mol. The van der Waals surface area contributed by atoms with Gasteiger partial charge >= 0.3 is 0 Å². The Labute approximate surface area is 94.7 Å². The van der Waals surface area contributed by atoms with Crippen molar-refractivity contribution in [2.75, 3.05) is 33.2 Å². The number of rotatable bonds is 2. The first kappa shape index (κ1) is 11.5. The molecule has 2 aliphatic rings. The Hall–Kier alpha value is -0.980. The number of nitrogens with one attached hydrogen (secondary N) is 1. The van der Waals surface area contributed by atoms with E-state index in [9.17, 15) is 9.59 Å². The van der Waals surface area contributed by atoms with Crippen LogP contribution in [0.4, 0.5) is 0 Å². The van der Waals surface area contributed by atoms with Crippen LogP contribution in [0.15, 0.2) is 0 Å². The molecule has 0 aromatic heterocycles. The predicted molar refractivity (Wildman–Crippen MR) is 58.6 cm³/mol. The van der Waals surface area contributed by atoms with Gasteiger partial charge in [0.15, 0.2) is 0 Å². The number of imide groups is 1. The lowest BCUT2D eigenvalue weighted by molar-refractivity contribution is -0.127. The molecule has 2 saturated heterocycles. The summed E-state index contributed by atoms with van der Waals surface area (Å²) in [6.45, 7) is 3.08. The highest BCUT2D eigenvalue weighted by molar-refractivity contribution is 6.05. The van der Waals surface area contributed by atoms with E-state index < -0.39 is 0 Å². The first-order valence-electron chi connectivity index (χ1n) is 5.60. The van der Waals surface area contributed by atoms with E-state index in [1.165, 1.54) is 0 Å². The van der Waals surface area contributed by atoms with Crippen LogP contribution < -0.4 is 11.1 Å². The molecule has 2 unspecified atom stereocenters. The SMILES string of the molecule is CN1CCN(C2CC(=O)NC2=O)C(CN)C1. The summed E-state index contributed by atoms with van der Waals surface area (Å²) in [6, 6.07) is -0.143. The van der Waals surface area contributed by atoms with Crippen molar-refractivity contribution in [1.82, 2.24) is 15.1 Å². The summed E-state index contributed by atoms with van der Waals surface area (Å²) in [6.07, 6.45) is 0.277. The molecule has 16 heavy (non-hydrogen) atoms. The Morgan fingerprint density at radius 3 is 2.75 bits per heavy atom. The molecule has 2 rings (SSSR count). The van der Waals surface area contributed by atoms with Gasteiger partial charge in [0.05, 0.1) is 12.5 Å². The quantitative estimate of drug-likeness (QED) is 0.531. The maximum Gasteiger partial charge on any atom is 0.244 e. The van der Waals surface area contributed by atoms with Gasteiger partial charge in [0.2, 0.25) is 11.8 Å². The zero-order chi connectivity index (χ0) is 11.7. The number of likely N-dealkylation sites (N-methyl/N-ethyl adjacent to an activating group) is 1. The lowest BCUT2D eigenvalue weighted by atomic mass is 10.1. The van der Waals surface area contributed by atoms with Gasteiger partial charge in [-0.2, -0.15) is 0 Å². The van der Waals surface area contributed by atoms with Crippen molar-refractivity contribution >= 4 is 11.8 Å². The summed E-state index contributed by atoms with van der Waals surface area (Å²) in [5.74, 6) is -0.349. The molecule has 0 radical (unpaired) electrons. The van der Waals surface area contributed by atoms with E-state index in [0.29, 0.717) is 6.54 Å². The molecule has 0 aromatic carbocycles. The monoisotopic (exact) mass is 226 g/mol. The third-order valence-corrected chi connectivity index (χ3v) is 3.35. The second kappa shape index (κ2) is 4.48. The van der Waals surface area contributed by atoms with E-state index in [4.69, 9.17) is 5.73 Å². The van der Waals surface area contributed by atoms with Crippen LogP contribution in [-0.2, 0) is 9.59 Å². The summed E-state index contributed by atoms with van der Waals surface area (Å²) in [5.41, 5.74) is 5.72. The van der Waals surface area contributed by atoms with Crippen molar-refractivity contribution in [2.45, 2.75) is 18.5 Å². The molecular weight excluding hydrogens is 208 g/mol. The molecule has 2 fully saturated rings. The van der Waals surface area contributed by atoms with Crippen LogP contribution in [0.1, 0.15) is 6.42 Å². The van der Waals surface area contributed by atoms with Gasteiger partial charge in [-0.05, 0) is 7.05 Å². The normalized spacial score (nSPS) is 33.1. The number of nitrogens with two attached hydrogens (primary N) is 1. The molecule has 0 aliphatic carbocycles. The van der Waals surface area contributed by atoms with Crippen molar-refractivity contribution in [1.29, 1.82) is 0 Å². The van der Waals surface area contributed by atoms with Crippen LogP contribution in [-0.4, -0.2) is 66.9 Å². The molecule has 6 nitrogen and oxygen atoms in total. The highest BCUT2D eigenvalue weighted by atomic mass is 16.2. The van der Waals surface area contributed by atoms with E-state index in [1.54, 1.807) is 0 Å². The number of nitrogens with zero attached hydrogens (tertiary/aromatic N) is 2. The topological polar surface area (TPSA) is 78.7 Å². The fraction of sp³-hybridized carbons (Fsp3) is 0.800. The Balaban J connectivity index is 2.07. The van der Waals surface area contributed by atoms with E-state index in [0.717, 1.165) is 19.6 Å². The van der Waals surface area contributed by atoms with Crippen LogP contribution in [0, 0.1) is 0 Å². The van der Waals surface area contributed by atoms with Gasteiger partial charge in [-0.25, -0.2) is 0 Å². The van der Waals surface area contributed by atoms with Crippen LogP contribution in [0.5, 0.6) is 0 Å². The van der Waals surface area contributed by atoms with Gasteiger partial charge in [0.25, 0.3) is 0 Å². The number of hydrogen-bond acceptors (Lipinski definition) is 5. The number of piperazine rings is 1. The summed E-state index contributed by atoms with van der Waals surface area (Å²) in [4.78, 5) is 27.0. The van der Waals surface area contributed by atoms with Crippen LogP contribution in [0.2, 0.25) is 0 Å². The first-order chi connectivity index (χ1) is 7.61. The molecule has 2 heterocycles. The second-order valence-electron chi connectivity index (χ2n) is 4.52. The largest absolute Gasteiger partial charge is 0.329 e. The summed E-state index contributed by atoms with van der Waals surface area (Å²) >= 11 is 0. The van der Waals surface area contributed by atoms with Gasteiger partial charge in [-0.1, -0.05) is 0 Å². The third-order valence-electron chi connectivity index (χ3n) is 3.35. The highest BCUT2D eigenvalue weighted by Gasteiger charge is 2.39. The van der Waals surface area contributed by atoms with Crippen LogP contribution in [0.3, 0.4) is 0 Å². The van der Waals surface area contributed by atoms with E-state index >= 15 is 0 Å². The van der Waals surface area contributed by atoms with Gasteiger partial charge in [0, 0.05) is 32.2 Å². The summed E-state index contributed by atoms with van der Waals surface area (Å²) in [5, 5.41) is 2.35. The standard InChI is InChI=1S/C10H18N4O2/c1-13-2-3-14(7(5-11)6-13)8-4-9(15)12-10(8)16/h7-8H,2-6,11H2,1H3,(H,12,15,16). The van der Waals surface area contributed by atoms with Crippen molar-refractivity contribution < 1.29 is 9.59 Å². The fourth-order valence-electron chi connectivity index (χ4n) is 2.45. The molecule has 2 aliphatic heterocycles. The lowest BCUT2D eigenvalue weighted by Gasteiger charge is -2.41. The highest BCUT2D eigenvalue weighted by Crippen LogP contribution is 2.17. The van der Waals surface area contributed by atoms with Crippen molar-refractivity contribution in [3.05, 3.63) is 0 Å². The zero-order valence-electron chi connectivity index (χ0n) is 9.48. The predicted octanol–water partition coefficient (Wildman–Crippen LogP) is -2.02. The van der Waals surface area contributed by atoms with Crippen LogP contribution in [0.25, 0.3) is 0 Å². The molecule has 0 aromatic rings.